The van der Waals surface area contributed by atoms with Crippen molar-refractivity contribution in [2.45, 2.75) is 25.8 Å². The molecule has 1 rings (SSSR count). The van der Waals surface area contributed by atoms with Crippen molar-refractivity contribution in [3.8, 4) is 0 Å². The van der Waals surface area contributed by atoms with Crippen molar-refractivity contribution >= 4 is 5.91 Å². The SMILES string of the molecule is CCN(CC)CCC(N)(C(N)=O)c1ccccc1. The molecule has 1 unspecified atom stereocenters. The van der Waals surface area contributed by atoms with Crippen LogP contribution >= 0.6 is 0 Å². The Morgan fingerprint density at radius 3 is 2.22 bits per heavy atom. The lowest BCUT2D eigenvalue weighted by Crippen LogP contribution is -2.51. The molecule has 4 N–H and O–H groups in total. The zero-order valence-corrected chi connectivity index (χ0v) is 11.2. The minimum Gasteiger partial charge on any atom is -0.368 e. The van der Waals surface area contributed by atoms with Gasteiger partial charge in [-0.1, -0.05) is 44.2 Å². The van der Waals surface area contributed by atoms with Gasteiger partial charge in [-0.25, -0.2) is 0 Å². The predicted molar refractivity (Wildman–Crippen MR) is 73.9 cm³/mol. The molecule has 0 aliphatic heterocycles. The molecule has 4 heteroatoms. The molecule has 0 aliphatic carbocycles. The molecule has 0 heterocycles. The second-order valence-electron chi connectivity index (χ2n) is 4.48. The van der Waals surface area contributed by atoms with Gasteiger partial charge in [-0.15, -0.1) is 0 Å². The molecule has 18 heavy (non-hydrogen) atoms. The Hall–Kier alpha value is -1.39. The molecule has 0 spiro atoms. The number of hydrogen-bond acceptors (Lipinski definition) is 3. The van der Waals surface area contributed by atoms with Gasteiger partial charge in [0.2, 0.25) is 5.91 Å². The van der Waals surface area contributed by atoms with Crippen LogP contribution in [0.15, 0.2) is 30.3 Å². The van der Waals surface area contributed by atoms with Crippen LogP contribution in [0.3, 0.4) is 0 Å². The first kappa shape index (κ1) is 14.7. The van der Waals surface area contributed by atoms with Crippen LogP contribution in [0.2, 0.25) is 0 Å². The van der Waals surface area contributed by atoms with E-state index in [0.29, 0.717) is 6.42 Å². The number of rotatable bonds is 7. The van der Waals surface area contributed by atoms with Crippen LogP contribution in [0.25, 0.3) is 0 Å². The molecule has 0 radical (unpaired) electrons. The Morgan fingerprint density at radius 2 is 1.78 bits per heavy atom. The van der Waals surface area contributed by atoms with E-state index in [-0.39, 0.29) is 0 Å². The molecule has 100 valence electrons. The summed E-state index contributed by atoms with van der Waals surface area (Å²) in [6, 6.07) is 9.35. The van der Waals surface area contributed by atoms with E-state index in [1.807, 2.05) is 30.3 Å². The summed E-state index contributed by atoms with van der Waals surface area (Å²) < 4.78 is 0. The van der Waals surface area contributed by atoms with Crippen molar-refractivity contribution in [3.63, 3.8) is 0 Å². The maximum Gasteiger partial charge on any atom is 0.242 e. The Morgan fingerprint density at radius 1 is 1.22 bits per heavy atom. The Labute approximate surface area is 109 Å². The van der Waals surface area contributed by atoms with Crippen molar-refractivity contribution in [3.05, 3.63) is 35.9 Å². The molecule has 1 aromatic carbocycles. The fourth-order valence-corrected chi connectivity index (χ4v) is 2.02. The largest absolute Gasteiger partial charge is 0.368 e. The van der Waals surface area contributed by atoms with Crippen LogP contribution in [0.4, 0.5) is 0 Å². The van der Waals surface area contributed by atoms with Crippen molar-refractivity contribution in [1.29, 1.82) is 0 Å². The van der Waals surface area contributed by atoms with Crippen LogP contribution < -0.4 is 11.5 Å². The number of benzene rings is 1. The van der Waals surface area contributed by atoms with Crippen molar-refractivity contribution in [2.75, 3.05) is 19.6 Å². The molecule has 1 atom stereocenters. The van der Waals surface area contributed by atoms with Crippen LogP contribution in [0, 0.1) is 0 Å². The third kappa shape index (κ3) is 3.31. The van der Waals surface area contributed by atoms with E-state index in [1.165, 1.54) is 0 Å². The number of nitrogens with two attached hydrogens (primary N) is 2. The van der Waals surface area contributed by atoms with E-state index < -0.39 is 11.4 Å². The lowest BCUT2D eigenvalue weighted by atomic mass is 9.86. The normalized spacial score (nSPS) is 14.4. The van der Waals surface area contributed by atoms with Crippen LogP contribution in [0.5, 0.6) is 0 Å². The zero-order chi connectivity index (χ0) is 13.6. The maximum atomic E-state index is 11.7. The highest BCUT2D eigenvalue weighted by atomic mass is 16.1. The van der Waals surface area contributed by atoms with Crippen molar-refractivity contribution in [2.24, 2.45) is 11.5 Å². The monoisotopic (exact) mass is 249 g/mol. The molecule has 0 saturated heterocycles. The third-order valence-corrected chi connectivity index (χ3v) is 3.45. The summed E-state index contributed by atoms with van der Waals surface area (Å²) in [5.41, 5.74) is 11.4. The number of hydrogen-bond donors (Lipinski definition) is 2. The topological polar surface area (TPSA) is 72.3 Å². The average molecular weight is 249 g/mol. The second kappa shape index (κ2) is 6.52. The molecule has 1 aromatic rings. The second-order valence-corrected chi connectivity index (χ2v) is 4.48. The van der Waals surface area contributed by atoms with Gasteiger partial charge in [0.1, 0.15) is 5.54 Å². The summed E-state index contributed by atoms with van der Waals surface area (Å²) >= 11 is 0. The van der Waals surface area contributed by atoms with Gasteiger partial charge in [-0.05, 0) is 25.1 Å². The number of amides is 1. The molecule has 0 fully saturated rings. The Kier molecular flexibility index (Phi) is 5.31. The van der Waals surface area contributed by atoms with Gasteiger partial charge in [0.25, 0.3) is 0 Å². The molecule has 0 saturated carbocycles. The Bertz CT molecular complexity index is 376. The molecular weight excluding hydrogens is 226 g/mol. The van der Waals surface area contributed by atoms with Crippen LogP contribution in [-0.2, 0) is 10.3 Å². The average Bonchev–Trinajstić information content (AvgIpc) is 2.40. The number of carbonyl (C=O) groups excluding carboxylic acids is 1. The van der Waals surface area contributed by atoms with E-state index in [1.54, 1.807) is 0 Å². The third-order valence-electron chi connectivity index (χ3n) is 3.45. The van der Waals surface area contributed by atoms with Gasteiger partial charge in [-0.2, -0.15) is 0 Å². The fraction of sp³-hybridized carbons (Fsp3) is 0.500. The van der Waals surface area contributed by atoms with Crippen molar-refractivity contribution in [1.82, 2.24) is 4.90 Å². The van der Waals surface area contributed by atoms with E-state index in [9.17, 15) is 4.79 Å². The summed E-state index contributed by atoms with van der Waals surface area (Å²) in [6.45, 7) is 6.84. The highest BCUT2D eigenvalue weighted by Gasteiger charge is 2.33. The lowest BCUT2D eigenvalue weighted by Gasteiger charge is -2.29. The minimum absolute atomic E-state index is 0.471. The van der Waals surface area contributed by atoms with Gasteiger partial charge in [-0.3, -0.25) is 4.79 Å². The summed E-state index contributed by atoms with van der Waals surface area (Å²) in [4.78, 5) is 13.9. The fourth-order valence-electron chi connectivity index (χ4n) is 2.02. The maximum absolute atomic E-state index is 11.7. The van der Waals surface area contributed by atoms with Gasteiger partial charge in [0.05, 0.1) is 0 Å². The first-order valence-corrected chi connectivity index (χ1v) is 6.41. The summed E-state index contributed by atoms with van der Waals surface area (Å²) in [5.74, 6) is -0.471. The van der Waals surface area contributed by atoms with Gasteiger partial charge in [0, 0.05) is 6.54 Å². The van der Waals surface area contributed by atoms with Gasteiger partial charge < -0.3 is 16.4 Å². The molecule has 0 aliphatic rings. The summed E-state index contributed by atoms with van der Waals surface area (Å²) in [5, 5.41) is 0. The van der Waals surface area contributed by atoms with E-state index >= 15 is 0 Å². The van der Waals surface area contributed by atoms with E-state index in [2.05, 4.69) is 18.7 Å². The Balaban J connectivity index is 2.85. The summed E-state index contributed by atoms with van der Waals surface area (Å²) in [7, 11) is 0. The molecule has 0 bridgehead atoms. The molecular formula is C14H23N3O. The predicted octanol–water partition coefficient (Wildman–Crippen LogP) is 1.06. The number of primary amides is 1. The van der Waals surface area contributed by atoms with Crippen molar-refractivity contribution < 1.29 is 4.79 Å². The smallest absolute Gasteiger partial charge is 0.242 e. The summed E-state index contributed by atoms with van der Waals surface area (Å²) in [6.07, 6.45) is 0.536. The minimum atomic E-state index is -1.08. The first-order valence-electron chi connectivity index (χ1n) is 6.41. The molecule has 4 nitrogen and oxygen atoms in total. The zero-order valence-electron chi connectivity index (χ0n) is 11.2. The highest BCUT2D eigenvalue weighted by Crippen LogP contribution is 2.22. The van der Waals surface area contributed by atoms with E-state index in [4.69, 9.17) is 11.5 Å². The quantitative estimate of drug-likeness (QED) is 0.759. The number of nitrogens with zero attached hydrogens (tertiary/aromatic N) is 1. The highest BCUT2D eigenvalue weighted by molar-refractivity contribution is 5.85. The van der Waals surface area contributed by atoms with Gasteiger partial charge >= 0.3 is 0 Å². The van der Waals surface area contributed by atoms with Crippen LogP contribution in [0.1, 0.15) is 25.8 Å². The standard InChI is InChI=1S/C14H23N3O/c1-3-17(4-2)11-10-14(16,13(15)18)12-8-6-5-7-9-12/h5-9H,3-4,10-11,16H2,1-2H3,(H2,15,18). The van der Waals surface area contributed by atoms with E-state index in [0.717, 1.165) is 25.2 Å². The molecule has 0 aromatic heterocycles. The van der Waals surface area contributed by atoms with Gasteiger partial charge in [0.15, 0.2) is 0 Å². The number of carbonyl (C=O) groups is 1. The van der Waals surface area contributed by atoms with Crippen LogP contribution in [-0.4, -0.2) is 30.4 Å². The molecule has 1 amide bonds. The lowest BCUT2D eigenvalue weighted by molar-refractivity contribution is -0.123. The first-order chi connectivity index (χ1) is 8.54.